The highest BCUT2D eigenvalue weighted by Crippen LogP contribution is 2.38. The summed E-state index contributed by atoms with van der Waals surface area (Å²) in [6, 6.07) is 7.19. The topological polar surface area (TPSA) is 134 Å². The van der Waals surface area contributed by atoms with E-state index in [4.69, 9.17) is 14.5 Å². The Morgan fingerprint density at radius 2 is 2.00 bits per heavy atom. The zero-order chi connectivity index (χ0) is 15.9. The maximum absolute atomic E-state index is 10.7. The van der Waals surface area contributed by atoms with Crippen LogP contribution in [0.15, 0.2) is 30.6 Å². The van der Waals surface area contributed by atoms with Crippen LogP contribution in [0.25, 0.3) is 11.0 Å². The Balaban J connectivity index is 1.82. The summed E-state index contributed by atoms with van der Waals surface area (Å²) in [4.78, 5) is 21.6. The molecule has 22 heavy (non-hydrogen) atoms. The Kier molecular flexibility index (Phi) is 4.04. The first-order valence-corrected chi connectivity index (χ1v) is 8.03. The van der Waals surface area contributed by atoms with Gasteiger partial charge in [-0.15, -0.1) is 0 Å². The van der Waals surface area contributed by atoms with Crippen LogP contribution >= 0.6 is 7.82 Å². The number of aliphatic hydroxyl groups is 2. The Bertz CT molecular complexity index is 714. The monoisotopic (exact) mass is 330 g/mol. The first kappa shape index (κ1) is 15.6. The lowest BCUT2D eigenvalue weighted by molar-refractivity contribution is -0.0501. The summed E-state index contributed by atoms with van der Waals surface area (Å²) in [5, 5.41) is 20.1. The van der Waals surface area contributed by atoms with E-state index in [9.17, 15) is 14.8 Å². The predicted octanol–water partition coefficient (Wildman–Crippen LogP) is -0.235. The minimum absolute atomic E-state index is 0.536. The normalized spacial score (nSPS) is 29.3. The van der Waals surface area contributed by atoms with Crippen LogP contribution in [0.2, 0.25) is 0 Å². The molecular weight excluding hydrogens is 315 g/mol. The number of benzene rings is 1. The number of rotatable bonds is 4. The number of imidazole rings is 1. The molecule has 0 bridgehead atoms. The van der Waals surface area contributed by atoms with E-state index in [1.807, 2.05) is 6.07 Å². The number of para-hydroxylation sites is 2. The number of aromatic nitrogens is 2. The number of hydrogen-bond donors (Lipinski definition) is 4. The van der Waals surface area contributed by atoms with Crippen molar-refractivity contribution in [3.05, 3.63) is 30.6 Å². The van der Waals surface area contributed by atoms with Crippen LogP contribution in [0.1, 0.15) is 6.23 Å². The van der Waals surface area contributed by atoms with Gasteiger partial charge in [0.1, 0.15) is 18.3 Å². The standard InChI is InChI=1S/C12H15N2O7P/c15-10-9(5-20-22(17,18)19)21-12(11(10)16)14-6-13-7-3-1-2-4-8(7)14/h1-4,6,9-12,15-16H,5H2,(H2,17,18,19)/t9-,10-,11-,12?/m1/s1. The van der Waals surface area contributed by atoms with Gasteiger partial charge in [0.15, 0.2) is 6.23 Å². The molecule has 10 heteroatoms. The van der Waals surface area contributed by atoms with E-state index in [2.05, 4.69) is 9.51 Å². The molecule has 4 N–H and O–H groups in total. The van der Waals surface area contributed by atoms with Crippen LogP contribution < -0.4 is 0 Å². The summed E-state index contributed by atoms with van der Waals surface area (Å²) in [6.07, 6.45) is -3.13. The van der Waals surface area contributed by atoms with Crippen molar-refractivity contribution < 1.29 is 33.8 Å². The van der Waals surface area contributed by atoms with Crippen molar-refractivity contribution >= 4 is 18.9 Å². The molecule has 1 fully saturated rings. The van der Waals surface area contributed by atoms with Gasteiger partial charge < -0.3 is 29.3 Å². The largest absolute Gasteiger partial charge is 0.469 e. The Morgan fingerprint density at radius 3 is 2.73 bits per heavy atom. The van der Waals surface area contributed by atoms with Gasteiger partial charge in [-0.2, -0.15) is 0 Å². The van der Waals surface area contributed by atoms with Crippen molar-refractivity contribution in [1.82, 2.24) is 9.55 Å². The van der Waals surface area contributed by atoms with Crippen LogP contribution in [0.4, 0.5) is 0 Å². The van der Waals surface area contributed by atoms with Gasteiger partial charge in [0.2, 0.25) is 0 Å². The lowest BCUT2D eigenvalue weighted by atomic mass is 10.1. The molecule has 0 amide bonds. The minimum Gasteiger partial charge on any atom is -0.387 e. The van der Waals surface area contributed by atoms with E-state index in [0.29, 0.717) is 11.0 Å². The summed E-state index contributed by atoms with van der Waals surface area (Å²) in [7, 11) is -4.68. The van der Waals surface area contributed by atoms with Crippen molar-refractivity contribution in [2.24, 2.45) is 0 Å². The zero-order valence-corrected chi connectivity index (χ0v) is 12.2. The highest BCUT2D eigenvalue weighted by atomic mass is 31.2. The molecule has 3 rings (SSSR count). The maximum Gasteiger partial charge on any atom is 0.469 e. The van der Waals surface area contributed by atoms with E-state index in [1.54, 1.807) is 22.8 Å². The average molecular weight is 330 g/mol. The van der Waals surface area contributed by atoms with Gasteiger partial charge in [0.05, 0.1) is 24.0 Å². The molecule has 0 radical (unpaired) electrons. The highest BCUT2D eigenvalue weighted by Gasteiger charge is 2.44. The summed E-state index contributed by atoms with van der Waals surface area (Å²) in [6.45, 7) is -0.536. The van der Waals surface area contributed by atoms with E-state index in [0.717, 1.165) is 0 Å². The molecule has 0 spiro atoms. The van der Waals surface area contributed by atoms with Crippen LogP contribution in [0.3, 0.4) is 0 Å². The first-order valence-electron chi connectivity index (χ1n) is 6.50. The molecule has 1 aliphatic rings. The third-order valence-corrected chi connectivity index (χ3v) is 3.98. The van der Waals surface area contributed by atoms with Crippen molar-refractivity contribution in [2.75, 3.05) is 6.61 Å². The minimum atomic E-state index is -4.68. The van der Waals surface area contributed by atoms with Gasteiger partial charge in [0, 0.05) is 0 Å². The van der Waals surface area contributed by atoms with Crippen LogP contribution in [0.5, 0.6) is 0 Å². The fourth-order valence-electron chi connectivity index (χ4n) is 2.45. The Morgan fingerprint density at radius 1 is 1.27 bits per heavy atom. The molecule has 1 aromatic carbocycles. The summed E-state index contributed by atoms with van der Waals surface area (Å²) < 4.78 is 22.1. The van der Waals surface area contributed by atoms with Crippen molar-refractivity contribution in [1.29, 1.82) is 0 Å². The Labute approximate surface area is 125 Å². The van der Waals surface area contributed by atoms with Crippen LogP contribution in [-0.4, -0.2) is 54.5 Å². The summed E-state index contributed by atoms with van der Waals surface area (Å²) in [5.74, 6) is 0. The molecule has 120 valence electrons. The van der Waals surface area contributed by atoms with Gasteiger partial charge in [-0.05, 0) is 12.1 Å². The Hall–Kier alpha value is -1.32. The second kappa shape index (κ2) is 5.71. The third-order valence-electron chi connectivity index (χ3n) is 3.50. The number of phosphoric ester groups is 1. The number of nitrogens with zero attached hydrogens (tertiary/aromatic N) is 2. The molecule has 2 aromatic rings. The molecule has 1 aromatic heterocycles. The van der Waals surface area contributed by atoms with Gasteiger partial charge in [-0.25, -0.2) is 9.55 Å². The molecule has 4 atom stereocenters. The lowest BCUT2D eigenvalue weighted by Crippen LogP contribution is -2.33. The predicted molar refractivity (Wildman–Crippen MR) is 73.7 cm³/mol. The van der Waals surface area contributed by atoms with E-state index >= 15 is 0 Å². The second-order valence-electron chi connectivity index (χ2n) is 4.97. The number of fused-ring (bicyclic) bond motifs is 1. The fraction of sp³-hybridized carbons (Fsp3) is 0.417. The summed E-state index contributed by atoms with van der Waals surface area (Å²) in [5.41, 5.74) is 1.40. The van der Waals surface area contributed by atoms with Gasteiger partial charge in [-0.1, -0.05) is 12.1 Å². The number of aliphatic hydroxyl groups excluding tert-OH is 2. The van der Waals surface area contributed by atoms with E-state index in [-0.39, 0.29) is 0 Å². The van der Waals surface area contributed by atoms with E-state index < -0.39 is 39.0 Å². The number of hydrogen-bond acceptors (Lipinski definition) is 6. The second-order valence-corrected chi connectivity index (χ2v) is 6.21. The van der Waals surface area contributed by atoms with E-state index in [1.165, 1.54) is 6.33 Å². The fourth-order valence-corrected chi connectivity index (χ4v) is 2.79. The summed E-state index contributed by atoms with van der Waals surface area (Å²) >= 11 is 0. The van der Waals surface area contributed by atoms with Crippen molar-refractivity contribution in [3.8, 4) is 0 Å². The lowest BCUT2D eigenvalue weighted by Gasteiger charge is -2.17. The third kappa shape index (κ3) is 2.92. The highest BCUT2D eigenvalue weighted by molar-refractivity contribution is 7.46. The van der Waals surface area contributed by atoms with Gasteiger partial charge >= 0.3 is 7.82 Å². The number of ether oxygens (including phenoxy) is 1. The van der Waals surface area contributed by atoms with Crippen molar-refractivity contribution in [3.63, 3.8) is 0 Å². The molecule has 9 nitrogen and oxygen atoms in total. The molecule has 1 unspecified atom stereocenters. The first-order chi connectivity index (χ1) is 10.4. The maximum atomic E-state index is 10.7. The zero-order valence-electron chi connectivity index (χ0n) is 11.3. The van der Waals surface area contributed by atoms with Gasteiger partial charge in [-0.3, -0.25) is 4.52 Å². The quantitative estimate of drug-likeness (QED) is 0.565. The van der Waals surface area contributed by atoms with Gasteiger partial charge in [0.25, 0.3) is 0 Å². The smallest absolute Gasteiger partial charge is 0.387 e. The molecule has 2 heterocycles. The molecule has 0 saturated carbocycles. The molecule has 1 aliphatic heterocycles. The van der Waals surface area contributed by atoms with Crippen LogP contribution in [-0.2, 0) is 13.8 Å². The molecule has 1 saturated heterocycles. The number of phosphoric acid groups is 1. The molecule has 0 aliphatic carbocycles. The molecular formula is C12H15N2O7P. The van der Waals surface area contributed by atoms with Crippen molar-refractivity contribution in [2.45, 2.75) is 24.5 Å². The average Bonchev–Trinajstić information content (AvgIpc) is 3.00. The SMILES string of the molecule is O=P(O)(O)OC[C@H]1OC(n2cnc3ccccc32)[C@H](O)[C@@H]1O. The van der Waals surface area contributed by atoms with Crippen LogP contribution in [0, 0.1) is 0 Å².